The first-order valence-electron chi connectivity index (χ1n) is 8.50. The number of hydrogen-bond donors (Lipinski definition) is 1. The summed E-state index contributed by atoms with van der Waals surface area (Å²) in [6.07, 6.45) is 2.39. The van der Waals surface area contributed by atoms with E-state index in [9.17, 15) is 9.59 Å². The Hall–Kier alpha value is -2.11. The van der Waals surface area contributed by atoms with E-state index in [1.807, 2.05) is 39.8 Å². The molecular formula is C18H25N3O3. The Bertz CT molecular complexity index is 653. The fraction of sp³-hybridized carbons (Fsp3) is 0.611. The number of carbonyl (C=O) groups excluding carboxylic acids is 2. The van der Waals surface area contributed by atoms with Crippen molar-refractivity contribution in [2.45, 2.75) is 64.6 Å². The number of fused-ring (bicyclic) bond motifs is 2. The van der Waals surface area contributed by atoms with Crippen molar-refractivity contribution in [2.24, 2.45) is 5.92 Å². The van der Waals surface area contributed by atoms with Gasteiger partial charge in [-0.3, -0.25) is 9.69 Å². The minimum atomic E-state index is -0.571. The summed E-state index contributed by atoms with van der Waals surface area (Å²) in [5.74, 6) is 0.547. The summed E-state index contributed by atoms with van der Waals surface area (Å²) >= 11 is 0. The van der Waals surface area contributed by atoms with Gasteiger partial charge >= 0.3 is 6.09 Å². The average Bonchev–Trinajstić information content (AvgIpc) is 3.05. The summed E-state index contributed by atoms with van der Waals surface area (Å²) in [5, 5.41) is 2.86. The molecule has 0 radical (unpaired) electrons. The van der Waals surface area contributed by atoms with E-state index in [0.29, 0.717) is 5.82 Å². The van der Waals surface area contributed by atoms with Gasteiger partial charge in [0.2, 0.25) is 5.91 Å². The number of carbonyl (C=O) groups is 2. The molecule has 130 valence electrons. The van der Waals surface area contributed by atoms with Gasteiger partial charge in [-0.15, -0.1) is 0 Å². The second kappa shape index (κ2) is 6.07. The first-order valence-corrected chi connectivity index (χ1v) is 8.50. The predicted molar refractivity (Wildman–Crippen MR) is 90.6 cm³/mol. The number of nitrogens with one attached hydrogen (secondary N) is 1. The van der Waals surface area contributed by atoms with Crippen LogP contribution in [-0.2, 0) is 9.53 Å². The van der Waals surface area contributed by atoms with Gasteiger partial charge in [0.25, 0.3) is 0 Å². The van der Waals surface area contributed by atoms with Crippen LogP contribution in [0.25, 0.3) is 0 Å². The van der Waals surface area contributed by atoms with Gasteiger partial charge in [0, 0.05) is 11.7 Å². The van der Waals surface area contributed by atoms with Gasteiger partial charge in [0.15, 0.2) is 0 Å². The van der Waals surface area contributed by atoms with Crippen molar-refractivity contribution in [3.8, 4) is 0 Å². The topological polar surface area (TPSA) is 71.5 Å². The Kier molecular flexibility index (Phi) is 4.24. The van der Waals surface area contributed by atoms with Crippen molar-refractivity contribution < 1.29 is 14.3 Å². The molecule has 1 aliphatic carbocycles. The molecule has 2 aliphatic rings. The average molecular weight is 331 g/mol. The summed E-state index contributed by atoms with van der Waals surface area (Å²) < 4.78 is 5.52. The van der Waals surface area contributed by atoms with E-state index in [2.05, 4.69) is 10.3 Å². The summed E-state index contributed by atoms with van der Waals surface area (Å²) in [4.78, 5) is 31.3. The molecule has 2 fully saturated rings. The quantitative estimate of drug-likeness (QED) is 0.904. The third-order valence-corrected chi connectivity index (χ3v) is 4.60. The first kappa shape index (κ1) is 16.7. The van der Waals surface area contributed by atoms with Gasteiger partial charge in [-0.25, -0.2) is 9.78 Å². The van der Waals surface area contributed by atoms with Crippen LogP contribution in [0, 0.1) is 12.8 Å². The van der Waals surface area contributed by atoms with Crippen LogP contribution >= 0.6 is 0 Å². The summed E-state index contributed by atoms with van der Waals surface area (Å²) in [7, 11) is 0. The van der Waals surface area contributed by atoms with Crippen LogP contribution < -0.4 is 5.32 Å². The maximum Gasteiger partial charge on any atom is 0.411 e. The second-order valence-corrected chi connectivity index (χ2v) is 7.71. The molecule has 1 saturated heterocycles. The summed E-state index contributed by atoms with van der Waals surface area (Å²) in [6.45, 7) is 7.39. The SMILES string of the molecule is Cc1cccc(NC(=O)[C@@H]2[C@H]3CC[C@H](C3)N2C(=O)OC(C)(C)C)n1. The Balaban J connectivity index is 1.77. The molecule has 6 nitrogen and oxygen atoms in total. The number of aryl methyl sites for hydroxylation is 1. The molecule has 3 rings (SSSR count). The highest BCUT2D eigenvalue weighted by Crippen LogP contribution is 2.43. The van der Waals surface area contributed by atoms with Crippen LogP contribution in [0.1, 0.15) is 45.7 Å². The smallest absolute Gasteiger partial charge is 0.411 e. The third kappa shape index (κ3) is 3.37. The zero-order valence-electron chi connectivity index (χ0n) is 14.7. The highest BCUT2D eigenvalue weighted by Gasteiger charge is 2.52. The maximum absolute atomic E-state index is 12.8. The summed E-state index contributed by atoms with van der Waals surface area (Å²) in [5.41, 5.74) is 0.266. The van der Waals surface area contributed by atoms with E-state index in [4.69, 9.17) is 4.74 Å². The van der Waals surface area contributed by atoms with Crippen molar-refractivity contribution in [2.75, 3.05) is 5.32 Å². The van der Waals surface area contributed by atoms with E-state index in [1.54, 1.807) is 11.0 Å². The Labute approximate surface area is 142 Å². The molecular weight excluding hydrogens is 306 g/mol. The van der Waals surface area contributed by atoms with Gasteiger partial charge in [0.05, 0.1) is 0 Å². The zero-order valence-corrected chi connectivity index (χ0v) is 14.7. The van der Waals surface area contributed by atoms with Crippen molar-refractivity contribution in [1.29, 1.82) is 0 Å². The fourth-order valence-corrected chi connectivity index (χ4v) is 3.72. The number of aromatic nitrogens is 1. The van der Waals surface area contributed by atoms with Crippen molar-refractivity contribution in [3.05, 3.63) is 23.9 Å². The van der Waals surface area contributed by atoms with Gasteiger partial charge in [-0.2, -0.15) is 0 Å². The number of anilines is 1. The number of ether oxygens (including phenoxy) is 1. The number of pyridine rings is 1. The van der Waals surface area contributed by atoms with Crippen LogP contribution in [0.4, 0.5) is 10.6 Å². The molecule has 3 atom stereocenters. The number of amides is 2. The first-order chi connectivity index (χ1) is 11.2. The number of nitrogens with zero attached hydrogens (tertiary/aromatic N) is 2. The van der Waals surface area contributed by atoms with Crippen LogP contribution in [0.2, 0.25) is 0 Å². The molecule has 24 heavy (non-hydrogen) atoms. The Morgan fingerprint density at radius 2 is 2.04 bits per heavy atom. The van der Waals surface area contributed by atoms with Crippen LogP contribution in [0.15, 0.2) is 18.2 Å². The van der Waals surface area contributed by atoms with E-state index >= 15 is 0 Å². The van der Waals surface area contributed by atoms with Crippen LogP contribution in [0.5, 0.6) is 0 Å². The predicted octanol–water partition coefficient (Wildman–Crippen LogP) is 3.12. The lowest BCUT2D eigenvalue weighted by atomic mass is 9.98. The molecule has 1 saturated carbocycles. The second-order valence-electron chi connectivity index (χ2n) is 7.71. The van der Waals surface area contributed by atoms with Crippen molar-refractivity contribution >= 4 is 17.8 Å². The molecule has 0 aromatic carbocycles. The largest absolute Gasteiger partial charge is 0.444 e. The van der Waals surface area contributed by atoms with Gasteiger partial charge in [0.1, 0.15) is 17.5 Å². The lowest BCUT2D eigenvalue weighted by Gasteiger charge is -2.35. The van der Waals surface area contributed by atoms with Crippen LogP contribution in [0.3, 0.4) is 0 Å². The molecule has 6 heteroatoms. The highest BCUT2D eigenvalue weighted by molar-refractivity contribution is 5.96. The molecule has 0 unspecified atom stereocenters. The lowest BCUT2D eigenvalue weighted by molar-refractivity contribution is -0.122. The standard InChI is InChI=1S/C18H25N3O3/c1-11-6-5-7-14(19-11)20-16(22)15-12-8-9-13(10-12)21(15)17(23)24-18(2,3)4/h5-7,12-13,15H,8-10H2,1-4H3,(H,19,20,22)/t12-,13+,15-/m0/s1. The Morgan fingerprint density at radius 1 is 1.29 bits per heavy atom. The van der Waals surface area contributed by atoms with Gasteiger partial charge in [-0.05, 0) is 65.0 Å². The number of rotatable bonds is 2. The molecule has 0 spiro atoms. The third-order valence-electron chi connectivity index (χ3n) is 4.60. The molecule has 1 N–H and O–H groups in total. The Morgan fingerprint density at radius 3 is 2.71 bits per heavy atom. The summed E-state index contributed by atoms with van der Waals surface area (Å²) in [6, 6.07) is 5.12. The highest BCUT2D eigenvalue weighted by atomic mass is 16.6. The van der Waals surface area contributed by atoms with E-state index in [-0.39, 0.29) is 17.9 Å². The number of piperidine rings is 1. The minimum Gasteiger partial charge on any atom is -0.444 e. The van der Waals surface area contributed by atoms with Crippen molar-refractivity contribution in [3.63, 3.8) is 0 Å². The molecule has 1 aliphatic heterocycles. The maximum atomic E-state index is 12.8. The molecule has 2 heterocycles. The number of hydrogen-bond acceptors (Lipinski definition) is 4. The van der Waals surface area contributed by atoms with Crippen molar-refractivity contribution in [1.82, 2.24) is 9.88 Å². The van der Waals surface area contributed by atoms with Gasteiger partial charge < -0.3 is 10.1 Å². The molecule has 2 amide bonds. The zero-order chi connectivity index (χ0) is 17.5. The van der Waals surface area contributed by atoms with E-state index < -0.39 is 17.7 Å². The number of likely N-dealkylation sites (tertiary alicyclic amines) is 1. The lowest BCUT2D eigenvalue weighted by Crippen LogP contribution is -2.52. The van der Waals surface area contributed by atoms with Gasteiger partial charge in [-0.1, -0.05) is 6.07 Å². The fourth-order valence-electron chi connectivity index (χ4n) is 3.72. The van der Waals surface area contributed by atoms with E-state index in [0.717, 1.165) is 25.0 Å². The minimum absolute atomic E-state index is 0.103. The molecule has 1 aromatic rings. The van der Waals surface area contributed by atoms with Crippen LogP contribution in [-0.4, -0.2) is 39.6 Å². The van der Waals surface area contributed by atoms with E-state index in [1.165, 1.54) is 0 Å². The molecule has 2 bridgehead atoms. The monoisotopic (exact) mass is 331 g/mol. The molecule has 1 aromatic heterocycles. The normalized spacial score (nSPS) is 25.7.